The Morgan fingerprint density at radius 1 is 1.38 bits per heavy atom. The molecule has 0 unspecified atom stereocenters. The molecule has 0 saturated heterocycles. The van der Waals surface area contributed by atoms with Crippen molar-refractivity contribution in [1.82, 2.24) is 10.6 Å². The Morgan fingerprint density at radius 3 is 2.96 bits per heavy atom. The third kappa shape index (κ3) is 10.1. The molecule has 0 spiro atoms. The lowest BCUT2D eigenvalue weighted by molar-refractivity contribution is -0.148. The van der Waals surface area contributed by atoms with Gasteiger partial charge in [0.2, 0.25) is 11.8 Å². The summed E-state index contributed by atoms with van der Waals surface area (Å²) in [5.41, 5.74) is 0. The highest BCUT2D eigenvalue weighted by atomic mass is 16.5. The van der Waals surface area contributed by atoms with Gasteiger partial charge in [-0.3, -0.25) is 14.4 Å². The molecule has 1 aliphatic heterocycles. The van der Waals surface area contributed by atoms with Crippen molar-refractivity contribution in [2.75, 3.05) is 32.9 Å². The molecule has 0 bridgehead atoms. The Kier molecular flexibility index (Phi) is 11.3. The van der Waals surface area contributed by atoms with Crippen LogP contribution in [0.1, 0.15) is 39.0 Å². The number of aliphatic hydroxyl groups excluding tert-OH is 1. The van der Waals surface area contributed by atoms with Crippen LogP contribution in [0.25, 0.3) is 0 Å². The van der Waals surface area contributed by atoms with Gasteiger partial charge in [-0.15, -0.1) is 0 Å². The van der Waals surface area contributed by atoms with Crippen LogP contribution in [-0.4, -0.2) is 61.9 Å². The predicted octanol–water partition coefficient (Wildman–Crippen LogP) is 0.296. The first-order chi connectivity index (χ1) is 12.5. The Labute approximate surface area is 154 Å². The minimum absolute atomic E-state index is 0.0593. The van der Waals surface area contributed by atoms with Gasteiger partial charge < -0.3 is 25.2 Å². The molecule has 0 aliphatic carbocycles. The van der Waals surface area contributed by atoms with Crippen LogP contribution in [0.2, 0.25) is 0 Å². The molecule has 1 rings (SSSR count). The third-order valence-electron chi connectivity index (χ3n) is 3.84. The van der Waals surface area contributed by atoms with E-state index in [1.807, 2.05) is 12.2 Å². The molecular formula is C18H30N2O6. The van der Waals surface area contributed by atoms with Gasteiger partial charge in [0.25, 0.3) is 0 Å². The van der Waals surface area contributed by atoms with Gasteiger partial charge in [0.15, 0.2) is 0 Å². The summed E-state index contributed by atoms with van der Waals surface area (Å²) in [5.74, 6) is -1.20. The number of carbonyl (C=O) groups excluding carboxylic acids is 3. The molecule has 2 atom stereocenters. The van der Waals surface area contributed by atoms with E-state index in [1.165, 1.54) is 0 Å². The van der Waals surface area contributed by atoms with Gasteiger partial charge in [0.1, 0.15) is 6.10 Å². The van der Waals surface area contributed by atoms with Crippen molar-refractivity contribution in [2.45, 2.75) is 45.1 Å². The largest absolute Gasteiger partial charge is 0.461 e. The highest BCUT2D eigenvalue weighted by Gasteiger charge is 2.22. The number of ether oxygens (including phenoxy) is 2. The lowest BCUT2D eigenvalue weighted by Crippen LogP contribution is -2.39. The fourth-order valence-corrected chi connectivity index (χ4v) is 2.46. The van der Waals surface area contributed by atoms with E-state index in [0.717, 1.165) is 6.42 Å². The Bertz CT molecular complexity index is 480. The van der Waals surface area contributed by atoms with Crippen LogP contribution in [0.5, 0.6) is 0 Å². The molecule has 0 saturated carbocycles. The van der Waals surface area contributed by atoms with Crippen LogP contribution in [0.3, 0.4) is 0 Å². The normalized spacial score (nSPS) is 22.4. The fraction of sp³-hybridized carbons (Fsp3) is 0.722. The molecule has 1 aliphatic rings. The van der Waals surface area contributed by atoms with Crippen LogP contribution in [0.15, 0.2) is 12.2 Å². The minimum Gasteiger partial charge on any atom is -0.461 e. The zero-order valence-corrected chi connectivity index (χ0v) is 15.4. The van der Waals surface area contributed by atoms with Gasteiger partial charge in [-0.25, -0.2) is 0 Å². The summed E-state index contributed by atoms with van der Waals surface area (Å²) in [4.78, 5) is 36.0. The van der Waals surface area contributed by atoms with Crippen molar-refractivity contribution in [3.8, 4) is 0 Å². The van der Waals surface area contributed by atoms with Crippen LogP contribution < -0.4 is 10.6 Å². The maximum absolute atomic E-state index is 12.4. The van der Waals surface area contributed by atoms with Gasteiger partial charge in [-0.2, -0.15) is 0 Å². The molecule has 8 heteroatoms. The highest BCUT2D eigenvalue weighted by molar-refractivity contribution is 5.85. The lowest BCUT2D eigenvalue weighted by Gasteiger charge is -2.18. The van der Waals surface area contributed by atoms with Gasteiger partial charge >= 0.3 is 5.97 Å². The minimum atomic E-state index is -0.478. The molecular weight excluding hydrogens is 340 g/mol. The lowest BCUT2D eigenvalue weighted by atomic mass is 9.99. The van der Waals surface area contributed by atoms with Crippen molar-refractivity contribution >= 4 is 17.8 Å². The number of hydrogen-bond donors (Lipinski definition) is 3. The van der Waals surface area contributed by atoms with Gasteiger partial charge in [0.05, 0.1) is 32.3 Å². The van der Waals surface area contributed by atoms with Gasteiger partial charge in [0, 0.05) is 19.4 Å². The number of allylic oxidation sites excluding steroid dienone is 2. The molecule has 0 aromatic carbocycles. The summed E-state index contributed by atoms with van der Waals surface area (Å²) < 4.78 is 10.3. The van der Waals surface area contributed by atoms with E-state index in [-0.39, 0.29) is 44.0 Å². The highest BCUT2D eigenvalue weighted by Crippen LogP contribution is 2.12. The van der Waals surface area contributed by atoms with Crippen LogP contribution in [-0.2, 0) is 23.9 Å². The first kappa shape index (κ1) is 22.1. The number of amides is 2. The number of aliphatic hydroxyl groups is 1. The second kappa shape index (κ2) is 13.3. The molecule has 0 aromatic rings. The smallest absolute Gasteiger partial charge is 0.306 e. The first-order valence-electron chi connectivity index (χ1n) is 9.10. The summed E-state index contributed by atoms with van der Waals surface area (Å²) >= 11 is 0. The predicted molar refractivity (Wildman–Crippen MR) is 95.2 cm³/mol. The molecule has 8 nitrogen and oxygen atoms in total. The number of esters is 1. The molecule has 1 heterocycles. The van der Waals surface area contributed by atoms with E-state index >= 15 is 0 Å². The van der Waals surface area contributed by atoms with Crippen molar-refractivity contribution in [2.24, 2.45) is 5.92 Å². The summed E-state index contributed by atoms with van der Waals surface area (Å²) in [6.45, 7) is 2.76. The molecule has 148 valence electrons. The van der Waals surface area contributed by atoms with E-state index in [4.69, 9.17) is 14.6 Å². The molecule has 0 aromatic heterocycles. The van der Waals surface area contributed by atoms with Crippen LogP contribution >= 0.6 is 0 Å². The zero-order valence-electron chi connectivity index (χ0n) is 15.4. The first-order valence-corrected chi connectivity index (χ1v) is 9.10. The second-order valence-electron chi connectivity index (χ2n) is 6.23. The third-order valence-corrected chi connectivity index (χ3v) is 3.84. The number of nitrogens with one attached hydrogen (secondary N) is 2. The maximum atomic E-state index is 12.4. The van der Waals surface area contributed by atoms with Crippen molar-refractivity contribution in [1.29, 1.82) is 0 Å². The van der Waals surface area contributed by atoms with E-state index in [9.17, 15) is 14.4 Å². The molecule has 0 fully saturated rings. The van der Waals surface area contributed by atoms with Crippen LogP contribution in [0.4, 0.5) is 0 Å². The van der Waals surface area contributed by atoms with E-state index in [1.54, 1.807) is 6.92 Å². The Hall–Kier alpha value is -1.93. The number of rotatable bonds is 7. The summed E-state index contributed by atoms with van der Waals surface area (Å²) in [7, 11) is 0. The summed E-state index contributed by atoms with van der Waals surface area (Å²) in [6, 6.07) is 0. The van der Waals surface area contributed by atoms with E-state index in [0.29, 0.717) is 32.4 Å². The average molecular weight is 370 g/mol. The van der Waals surface area contributed by atoms with Crippen molar-refractivity contribution < 1.29 is 29.0 Å². The number of carbonyl (C=O) groups is 3. The average Bonchev–Trinajstić information content (AvgIpc) is 2.61. The van der Waals surface area contributed by atoms with Gasteiger partial charge in [-0.05, 0) is 26.2 Å². The van der Waals surface area contributed by atoms with Crippen LogP contribution in [0, 0.1) is 5.92 Å². The Balaban J connectivity index is 2.52. The van der Waals surface area contributed by atoms with Crippen molar-refractivity contribution in [3.63, 3.8) is 0 Å². The van der Waals surface area contributed by atoms with Gasteiger partial charge in [-0.1, -0.05) is 12.2 Å². The standard InChI is InChI=1S/C18H30N2O6/c1-14-13-20-18(24)15(6-4-2-3-5-7-17(23)26-14)12-16(22)19-8-10-25-11-9-21/h2,4,14-15,21H,3,5-13H2,1H3,(H,19,22)(H,20,24)/t14-,15+/m0/s1. The number of hydrogen-bond acceptors (Lipinski definition) is 6. The zero-order chi connectivity index (χ0) is 19.2. The van der Waals surface area contributed by atoms with E-state index < -0.39 is 12.0 Å². The SMILES string of the molecule is C[C@H]1CNC(=O)[C@@H](CC(=O)NCCOCCO)CC=CCCCC(=O)O1. The Morgan fingerprint density at radius 2 is 2.19 bits per heavy atom. The van der Waals surface area contributed by atoms with Crippen molar-refractivity contribution in [3.05, 3.63) is 12.2 Å². The fourth-order valence-electron chi connectivity index (χ4n) is 2.46. The summed E-state index contributed by atoms with van der Waals surface area (Å²) in [6.07, 6.45) is 5.72. The summed E-state index contributed by atoms with van der Waals surface area (Å²) in [5, 5.41) is 14.1. The molecule has 26 heavy (non-hydrogen) atoms. The molecule has 2 amide bonds. The molecule has 0 radical (unpaired) electrons. The number of cyclic esters (lactones) is 1. The monoisotopic (exact) mass is 370 g/mol. The topological polar surface area (TPSA) is 114 Å². The van der Waals surface area contributed by atoms with E-state index in [2.05, 4.69) is 10.6 Å². The molecule has 3 N–H and O–H groups in total. The second-order valence-corrected chi connectivity index (χ2v) is 6.23. The quantitative estimate of drug-likeness (QED) is 0.337. The maximum Gasteiger partial charge on any atom is 0.306 e.